The fraction of sp³-hybridized carbons (Fsp3) is 0.300. The Balaban J connectivity index is 2.25. The third kappa shape index (κ3) is 2.31. The van der Waals surface area contributed by atoms with E-state index in [2.05, 4.69) is 0 Å². The number of rotatable bonds is 3. The number of nitro groups is 1. The van der Waals surface area contributed by atoms with Crippen LogP contribution in [0.25, 0.3) is 0 Å². The summed E-state index contributed by atoms with van der Waals surface area (Å²) in [7, 11) is 0. The fourth-order valence-electron chi connectivity index (χ4n) is 1.59. The van der Waals surface area contributed by atoms with E-state index in [0.29, 0.717) is 12.2 Å². The van der Waals surface area contributed by atoms with Gasteiger partial charge < -0.3 is 4.74 Å². The van der Waals surface area contributed by atoms with Gasteiger partial charge in [0.15, 0.2) is 0 Å². The SMILES string of the molecule is O=C1OC(CCl)CN1c1cccc([N+](=O)[O-])c1. The van der Waals surface area contributed by atoms with Crippen LogP contribution in [-0.4, -0.2) is 29.5 Å². The van der Waals surface area contributed by atoms with Gasteiger partial charge in [-0.2, -0.15) is 0 Å². The second-order valence-corrected chi connectivity index (χ2v) is 3.86. The molecule has 1 fully saturated rings. The van der Waals surface area contributed by atoms with E-state index in [0.717, 1.165) is 0 Å². The lowest BCUT2D eigenvalue weighted by Gasteiger charge is -2.11. The lowest BCUT2D eigenvalue weighted by Crippen LogP contribution is -2.24. The molecular weight excluding hydrogens is 248 g/mol. The van der Waals surface area contributed by atoms with Gasteiger partial charge in [0, 0.05) is 12.1 Å². The van der Waals surface area contributed by atoms with Crippen molar-refractivity contribution in [2.45, 2.75) is 6.10 Å². The molecule has 1 saturated heterocycles. The number of ether oxygens (including phenoxy) is 1. The van der Waals surface area contributed by atoms with Crippen molar-refractivity contribution in [1.29, 1.82) is 0 Å². The van der Waals surface area contributed by atoms with Gasteiger partial charge in [-0.3, -0.25) is 15.0 Å². The van der Waals surface area contributed by atoms with Gasteiger partial charge in [0.05, 0.1) is 23.0 Å². The Bertz CT molecular complexity index is 465. The van der Waals surface area contributed by atoms with E-state index in [4.69, 9.17) is 16.3 Å². The highest BCUT2D eigenvalue weighted by atomic mass is 35.5. The summed E-state index contributed by atoms with van der Waals surface area (Å²) in [5, 5.41) is 10.6. The fourth-order valence-corrected chi connectivity index (χ4v) is 1.75. The minimum atomic E-state index is -0.531. The minimum absolute atomic E-state index is 0.0652. The Morgan fingerprint density at radius 2 is 2.35 bits per heavy atom. The summed E-state index contributed by atoms with van der Waals surface area (Å²) in [5.41, 5.74) is 0.376. The molecule has 1 atom stereocenters. The first-order chi connectivity index (χ1) is 8.11. The van der Waals surface area contributed by atoms with Crippen molar-refractivity contribution in [1.82, 2.24) is 0 Å². The van der Waals surface area contributed by atoms with Crippen molar-refractivity contribution in [2.24, 2.45) is 0 Å². The molecule has 6 nitrogen and oxygen atoms in total. The first kappa shape index (κ1) is 11.7. The summed E-state index contributed by atoms with van der Waals surface area (Å²) in [6, 6.07) is 5.83. The van der Waals surface area contributed by atoms with Gasteiger partial charge in [-0.1, -0.05) is 6.07 Å². The average Bonchev–Trinajstić information content (AvgIpc) is 2.71. The van der Waals surface area contributed by atoms with Crippen LogP contribution in [-0.2, 0) is 4.74 Å². The van der Waals surface area contributed by atoms with Gasteiger partial charge in [-0.15, -0.1) is 11.6 Å². The van der Waals surface area contributed by atoms with E-state index in [1.165, 1.54) is 23.1 Å². The Morgan fingerprint density at radius 3 is 2.94 bits per heavy atom. The number of non-ortho nitro benzene ring substituents is 1. The highest BCUT2D eigenvalue weighted by Crippen LogP contribution is 2.25. The van der Waals surface area contributed by atoms with Crippen LogP contribution in [0.1, 0.15) is 0 Å². The van der Waals surface area contributed by atoms with Crippen LogP contribution >= 0.6 is 11.6 Å². The molecule has 1 aromatic rings. The molecule has 17 heavy (non-hydrogen) atoms. The highest BCUT2D eigenvalue weighted by molar-refractivity contribution is 6.18. The van der Waals surface area contributed by atoms with Crippen molar-refractivity contribution < 1.29 is 14.5 Å². The molecule has 1 heterocycles. The molecule has 90 valence electrons. The van der Waals surface area contributed by atoms with E-state index in [1.807, 2.05) is 0 Å². The van der Waals surface area contributed by atoms with Crippen molar-refractivity contribution in [3.63, 3.8) is 0 Å². The molecule has 0 N–H and O–H groups in total. The zero-order chi connectivity index (χ0) is 12.4. The van der Waals surface area contributed by atoms with Crippen LogP contribution in [0.4, 0.5) is 16.2 Å². The van der Waals surface area contributed by atoms with Gasteiger partial charge in [0.1, 0.15) is 6.10 Å². The first-order valence-corrected chi connectivity index (χ1v) is 5.44. The predicted molar refractivity (Wildman–Crippen MR) is 61.4 cm³/mol. The van der Waals surface area contributed by atoms with Gasteiger partial charge >= 0.3 is 6.09 Å². The molecule has 1 aliphatic heterocycles. The van der Waals surface area contributed by atoms with Crippen LogP contribution < -0.4 is 4.90 Å². The van der Waals surface area contributed by atoms with E-state index >= 15 is 0 Å². The molecule has 2 rings (SSSR count). The summed E-state index contributed by atoms with van der Waals surface area (Å²) in [6.07, 6.45) is -0.903. The number of cyclic esters (lactones) is 1. The van der Waals surface area contributed by atoms with Crippen molar-refractivity contribution in [3.05, 3.63) is 34.4 Å². The normalized spacial score (nSPS) is 19.2. The Kier molecular flexibility index (Phi) is 3.14. The lowest BCUT2D eigenvalue weighted by atomic mass is 10.2. The molecule has 1 unspecified atom stereocenters. The Morgan fingerprint density at radius 1 is 1.59 bits per heavy atom. The summed E-state index contributed by atoms with van der Waals surface area (Å²) in [4.78, 5) is 22.9. The molecule has 0 aliphatic carbocycles. The predicted octanol–water partition coefficient (Wildman–Crippen LogP) is 2.16. The van der Waals surface area contributed by atoms with E-state index in [1.54, 1.807) is 6.07 Å². The number of amides is 1. The lowest BCUT2D eigenvalue weighted by molar-refractivity contribution is -0.384. The highest BCUT2D eigenvalue weighted by Gasteiger charge is 2.32. The van der Waals surface area contributed by atoms with Crippen molar-refractivity contribution in [3.8, 4) is 0 Å². The van der Waals surface area contributed by atoms with Gasteiger partial charge in [0.2, 0.25) is 0 Å². The third-order valence-corrected chi connectivity index (χ3v) is 2.74. The number of halogens is 1. The summed E-state index contributed by atoms with van der Waals surface area (Å²) < 4.78 is 4.96. The number of carbonyl (C=O) groups is 1. The zero-order valence-electron chi connectivity index (χ0n) is 8.71. The third-order valence-electron chi connectivity index (χ3n) is 2.40. The topological polar surface area (TPSA) is 72.7 Å². The monoisotopic (exact) mass is 256 g/mol. The maximum absolute atomic E-state index is 11.5. The van der Waals surface area contributed by atoms with Gasteiger partial charge in [-0.25, -0.2) is 4.79 Å². The van der Waals surface area contributed by atoms with Crippen LogP contribution in [0.3, 0.4) is 0 Å². The molecule has 0 radical (unpaired) electrons. The molecule has 1 amide bonds. The smallest absolute Gasteiger partial charge is 0.414 e. The number of benzene rings is 1. The molecule has 1 aromatic carbocycles. The molecule has 1 aliphatic rings. The molecule has 0 spiro atoms. The van der Waals surface area contributed by atoms with Crippen molar-refractivity contribution in [2.75, 3.05) is 17.3 Å². The van der Waals surface area contributed by atoms with E-state index in [-0.39, 0.29) is 17.7 Å². The zero-order valence-corrected chi connectivity index (χ0v) is 9.46. The summed E-state index contributed by atoms with van der Waals surface area (Å²) in [6.45, 7) is 0.309. The maximum atomic E-state index is 11.5. The first-order valence-electron chi connectivity index (χ1n) is 4.90. The minimum Gasteiger partial charge on any atom is -0.443 e. The number of nitrogens with zero attached hydrogens (tertiary/aromatic N) is 2. The molecule has 0 bridgehead atoms. The van der Waals surface area contributed by atoms with E-state index in [9.17, 15) is 14.9 Å². The standard InChI is InChI=1S/C10H9ClN2O4/c11-5-9-6-12(10(14)17-9)7-2-1-3-8(4-7)13(15)16/h1-4,9H,5-6H2. The number of carbonyl (C=O) groups excluding carboxylic acids is 1. The largest absolute Gasteiger partial charge is 0.443 e. The van der Waals surface area contributed by atoms with E-state index < -0.39 is 11.0 Å². The van der Waals surface area contributed by atoms with Crippen LogP contribution in [0, 0.1) is 10.1 Å². The van der Waals surface area contributed by atoms with Crippen LogP contribution in [0.5, 0.6) is 0 Å². The molecule has 0 aromatic heterocycles. The van der Waals surface area contributed by atoms with Crippen molar-refractivity contribution >= 4 is 29.1 Å². The van der Waals surface area contributed by atoms with Gasteiger partial charge in [0.25, 0.3) is 5.69 Å². The number of hydrogen-bond donors (Lipinski definition) is 0. The Hall–Kier alpha value is -1.82. The molecular formula is C10H9ClN2O4. The second kappa shape index (κ2) is 4.58. The maximum Gasteiger partial charge on any atom is 0.414 e. The van der Waals surface area contributed by atoms with Crippen LogP contribution in [0.2, 0.25) is 0 Å². The number of alkyl halides is 1. The quantitative estimate of drug-likeness (QED) is 0.472. The Labute approximate surface area is 102 Å². The van der Waals surface area contributed by atoms with Gasteiger partial charge in [-0.05, 0) is 6.07 Å². The molecule has 7 heteroatoms. The number of nitro benzene ring substituents is 1. The number of hydrogen-bond acceptors (Lipinski definition) is 4. The average molecular weight is 257 g/mol. The summed E-state index contributed by atoms with van der Waals surface area (Å²) in [5.74, 6) is 0.206. The second-order valence-electron chi connectivity index (χ2n) is 3.55. The number of anilines is 1. The summed E-state index contributed by atoms with van der Waals surface area (Å²) >= 11 is 5.60. The van der Waals surface area contributed by atoms with Crippen LogP contribution in [0.15, 0.2) is 24.3 Å². The molecule has 0 saturated carbocycles.